The van der Waals surface area contributed by atoms with E-state index >= 15 is 0 Å². The van der Waals surface area contributed by atoms with Gasteiger partial charge in [0, 0.05) is 37.9 Å². The normalized spacial score (nSPS) is 17.2. The van der Waals surface area contributed by atoms with Crippen LogP contribution in [0.15, 0.2) is 36.7 Å². The van der Waals surface area contributed by atoms with Crippen molar-refractivity contribution < 1.29 is 9.18 Å². The monoisotopic (exact) mass is 396 g/mol. The number of amides is 1. The maximum absolute atomic E-state index is 13.3. The summed E-state index contributed by atoms with van der Waals surface area (Å²) < 4.78 is 15.1. The van der Waals surface area contributed by atoms with Gasteiger partial charge in [-0.15, -0.1) is 0 Å². The Kier molecular flexibility index (Phi) is 5.04. The van der Waals surface area contributed by atoms with E-state index in [-0.39, 0.29) is 17.6 Å². The molecule has 0 bridgehead atoms. The molecule has 1 aliphatic rings. The maximum atomic E-state index is 13.3. The van der Waals surface area contributed by atoms with E-state index in [1.165, 1.54) is 12.1 Å². The molecule has 3 heterocycles. The third kappa shape index (κ3) is 3.48. The molecule has 1 atom stereocenters. The fourth-order valence-corrected chi connectivity index (χ4v) is 4.03. The lowest BCUT2D eigenvalue weighted by atomic mass is 9.83. The zero-order chi connectivity index (χ0) is 20.6. The Morgan fingerprint density at radius 2 is 1.97 bits per heavy atom. The van der Waals surface area contributed by atoms with Crippen molar-refractivity contribution >= 4 is 17.1 Å². The van der Waals surface area contributed by atoms with Crippen molar-refractivity contribution in [1.82, 2.24) is 24.6 Å². The molecule has 2 aromatic heterocycles. The van der Waals surface area contributed by atoms with Crippen LogP contribution < -0.4 is 5.73 Å². The molecule has 0 aliphatic carbocycles. The van der Waals surface area contributed by atoms with E-state index in [2.05, 4.69) is 9.97 Å². The molecule has 1 saturated heterocycles. The Morgan fingerprint density at radius 1 is 1.24 bits per heavy atom. The molecule has 1 aromatic carbocycles. The second kappa shape index (κ2) is 7.51. The van der Waals surface area contributed by atoms with Gasteiger partial charge in [-0.25, -0.2) is 19.0 Å². The Hall–Kier alpha value is -2.87. The van der Waals surface area contributed by atoms with Gasteiger partial charge in [-0.3, -0.25) is 4.79 Å². The highest BCUT2D eigenvalue weighted by molar-refractivity contribution is 5.87. The molecule has 4 rings (SSSR count). The molecule has 1 aliphatic heterocycles. The van der Waals surface area contributed by atoms with Crippen LogP contribution in [0.2, 0.25) is 0 Å². The average Bonchev–Trinajstić information content (AvgIpc) is 3.33. The molecule has 0 saturated carbocycles. The van der Waals surface area contributed by atoms with Crippen molar-refractivity contribution in [2.24, 2.45) is 5.73 Å². The number of carbonyl (C=O) groups is 1. The van der Waals surface area contributed by atoms with E-state index in [0.29, 0.717) is 26.2 Å². The van der Waals surface area contributed by atoms with E-state index in [1.54, 1.807) is 29.2 Å². The summed E-state index contributed by atoms with van der Waals surface area (Å²) in [6.07, 6.45) is 4.13. The fraction of sp³-hybridized carbons (Fsp3) is 0.429. The summed E-state index contributed by atoms with van der Waals surface area (Å²) in [4.78, 5) is 24.0. The molecular weight excluding hydrogens is 371 g/mol. The Balaban J connectivity index is 1.57. The number of hydrogen-bond donors (Lipinski definition) is 1. The summed E-state index contributed by atoms with van der Waals surface area (Å²) >= 11 is 0. The third-order valence-electron chi connectivity index (χ3n) is 5.70. The molecule has 8 heteroatoms. The van der Waals surface area contributed by atoms with Crippen LogP contribution >= 0.6 is 0 Å². The van der Waals surface area contributed by atoms with E-state index in [9.17, 15) is 9.18 Å². The summed E-state index contributed by atoms with van der Waals surface area (Å²) in [5, 5.41) is 4.72. The molecule has 0 spiro atoms. The molecule has 3 aromatic rings. The molecule has 29 heavy (non-hydrogen) atoms. The number of benzene rings is 1. The van der Waals surface area contributed by atoms with Crippen LogP contribution in [-0.2, 0) is 16.8 Å². The van der Waals surface area contributed by atoms with Crippen molar-refractivity contribution in [2.75, 3.05) is 19.6 Å². The fourth-order valence-electron chi connectivity index (χ4n) is 4.03. The van der Waals surface area contributed by atoms with Crippen molar-refractivity contribution in [3.05, 3.63) is 53.7 Å². The summed E-state index contributed by atoms with van der Waals surface area (Å²) in [5.74, 6) is -0.177. The topological polar surface area (TPSA) is 89.9 Å². The van der Waals surface area contributed by atoms with E-state index in [0.717, 1.165) is 28.8 Å². The number of nitrogens with two attached hydrogens (primary N) is 1. The van der Waals surface area contributed by atoms with E-state index < -0.39 is 5.41 Å². The summed E-state index contributed by atoms with van der Waals surface area (Å²) in [6, 6.07) is 6.15. The van der Waals surface area contributed by atoms with Crippen molar-refractivity contribution in [2.45, 2.75) is 38.1 Å². The standard InChI is InChI=1S/C21H25FN6O/c1-21(2,15-3-5-16(22)6-4-15)20(29)27-11-7-14(13-27)17-18-19(25-10-9-24-18)28(26-17)12-8-23/h3-6,9-10,14H,7-8,11-13,23H2,1-2H3. The number of rotatable bonds is 5. The molecule has 1 fully saturated rings. The van der Waals surface area contributed by atoms with Gasteiger partial charge in [0.05, 0.1) is 17.7 Å². The van der Waals surface area contributed by atoms with Crippen LogP contribution in [0, 0.1) is 5.82 Å². The van der Waals surface area contributed by atoms with Crippen LogP contribution in [0.1, 0.15) is 37.4 Å². The van der Waals surface area contributed by atoms with E-state index in [4.69, 9.17) is 10.8 Å². The summed E-state index contributed by atoms with van der Waals surface area (Å²) in [7, 11) is 0. The number of nitrogens with zero attached hydrogens (tertiary/aromatic N) is 5. The molecule has 1 amide bonds. The minimum Gasteiger partial charge on any atom is -0.341 e. The van der Waals surface area contributed by atoms with Gasteiger partial charge in [0.25, 0.3) is 0 Å². The highest BCUT2D eigenvalue weighted by Gasteiger charge is 2.38. The number of aromatic nitrogens is 4. The van der Waals surface area contributed by atoms with Crippen molar-refractivity contribution in [1.29, 1.82) is 0 Å². The van der Waals surface area contributed by atoms with Gasteiger partial charge in [0.1, 0.15) is 11.3 Å². The van der Waals surface area contributed by atoms with Gasteiger partial charge in [0.15, 0.2) is 5.65 Å². The molecule has 152 valence electrons. The van der Waals surface area contributed by atoms with E-state index in [1.807, 2.05) is 18.7 Å². The number of fused-ring (bicyclic) bond motifs is 1. The van der Waals surface area contributed by atoms with Crippen LogP contribution in [-0.4, -0.2) is 50.2 Å². The lowest BCUT2D eigenvalue weighted by Gasteiger charge is -2.29. The van der Waals surface area contributed by atoms with Crippen LogP contribution in [0.5, 0.6) is 0 Å². The first-order valence-electron chi connectivity index (χ1n) is 9.84. The van der Waals surface area contributed by atoms with Gasteiger partial charge in [-0.2, -0.15) is 5.10 Å². The first-order chi connectivity index (χ1) is 13.9. The Labute approximate surface area is 168 Å². The largest absolute Gasteiger partial charge is 0.341 e. The molecule has 0 radical (unpaired) electrons. The van der Waals surface area contributed by atoms with Crippen LogP contribution in [0.3, 0.4) is 0 Å². The highest BCUT2D eigenvalue weighted by atomic mass is 19.1. The Morgan fingerprint density at radius 3 is 2.69 bits per heavy atom. The summed E-state index contributed by atoms with van der Waals surface area (Å²) in [6.45, 7) is 6.03. The van der Waals surface area contributed by atoms with Crippen LogP contribution in [0.4, 0.5) is 4.39 Å². The quantitative estimate of drug-likeness (QED) is 0.714. The first-order valence-corrected chi connectivity index (χ1v) is 9.84. The van der Waals surface area contributed by atoms with Gasteiger partial charge in [-0.05, 0) is 38.0 Å². The zero-order valence-corrected chi connectivity index (χ0v) is 16.7. The van der Waals surface area contributed by atoms with Gasteiger partial charge in [0.2, 0.25) is 5.91 Å². The van der Waals surface area contributed by atoms with Gasteiger partial charge in [-0.1, -0.05) is 12.1 Å². The number of carbonyl (C=O) groups excluding carboxylic acids is 1. The Bertz CT molecular complexity index is 1030. The average molecular weight is 396 g/mol. The third-order valence-corrected chi connectivity index (χ3v) is 5.70. The molecule has 7 nitrogen and oxygen atoms in total. The molecular formula is C21H25FN6O. The second-order valence-corrected chi connectivity index (χ2v) is 7.99. The minimum atomic E-state index is -0.733. The first kappa shape index (κ1) is 19.4. The predicted molar refractivity (Wildman–Crippen MR) is 108 cm³/mol. The SMILES string of the molecule is CC(C)(C(=O)N1CCC(c2nn(CCN)c3nccnc23)C1)c1ccc(F)cc1. The highest BCUT2D eigenvalue weighted by Crippen LogP contribution is 2.34. The number of hydrogen-bond acceptors (Lipinski definition) is 5. The molecule has 2 N–H and O–H groups in total. The second-order valence-electron chi connectivity index (χ2n) is 7.99. The lowest BCUT2D eigenvalue weighted by Crippen LogP contribution is -2.42. The predicted octanol–water partition coefficient (Wildman–Crippen LogP) is 2.22. The summed E-state index contributed by atoms with van der Waals surface area (Å²) in [5.41, 5.74) is 8.15. The van der Waals surface area contributed by atoms with Gasteiger partial charge < -0.3 is 10.6 Å². The minimum absolute atomic E-state index is 0.0309. The smallest absolute Gasteiger partial charge is 0.232 e. The number of likely N-dealkylation sites (tertiary alicyclic amines) is 1. The van der Waals surface area contributed by atoms with Crippen LogP contribution in [0.25, 0.3) is 11.2 Å². The molecule has 1 unspecified atom stereocenters. The van der Waals surface area contributed by atoms with Crippen molar-refractivity contribution in [3.8, 4) is 0 Å². The number of halogens is 1. The zero-order valence-electron chi connectivity index (χ0n) is 16.7. The van der Waals surface area contributed by atoms with Gasteiger partial charge >= 0.3 is 0 Å². The van der Waals surface area contributed by atoms with Crippen molar-refractivity contribution in [3.63, 3.8) is 0 Å². The maximum Gasteiger partial charge on any atom is 0.232 e. The lowest BCUT2D eigenvalue weighted by molar-refractivity contribution is -0.135.